The van der Waals surface area contributed by atoms with E-state index in [1.807, 2.05) is 0 Å². The highest BCUT2D eigenvalue weighted by atomic mass is 32.2. The molecule has 1 saturated heterocycles. The molecule has 1 aliphatic carbocycles. The van der Waals surface area contributed by atoms with Gasteiger partial charge in [-0.15, -0.1) is 0 Å². The Morgan fingerprint density at radius 2 is 2.21 bits per heavy atom. The van der Waals surface area contributed by atoms with Gasteiger partial charge in [0.05, 0.1) is 0 Å². The van der Waals surface area contributed by atoms with Gasteiger partial charge in [-0.1, -0.05) is 31.4 Å². The Morgan fingerprint density at radius 3 is 3.00 bits per heavy atom. The number of nitrogens with zero attached hydrogens (tertiary/aromatic N) is 1. The Kier molecular flexibility index (Phi) is 6.75. The van der Waals surface area contributed by atoms with Crippen molar-refractivity contribution < 1.29 is 0 Å². The van der Waals surface area contributed by atoms with Gasteiger partial charge >= 0.3 is 0 Å². The van der Waals surface area contributed by atoms with Gasteiger partial charge in [-0.05, 0) is 39.3 Å². The molecular weight excluding hydrogens is 252 g/mol. The normalized spacial score (nSPS) is 28.3. The molecule has 3 heteroatoms. The molecule has 2 unspecified atom stereocenters. The van der Waals surface area contributed by atoms with Crippen molar-refractivity contribution >= 4 is 11.8 Å². The molecular formula is C16H30N2S. The van der Waals surface area contributed by atoms with Gasteiger partial charge in [0.15, 0.2) is 0 Å². The Morgan fingerprint density at radius 1 is 1.37 bits per heavy atom. The first kappa shape index (κ1) is 15.4. The largest absolute Gasteiger partial charge is 0.309 e. The molecule has 0 spiro atoms. The van der Waals surface area contributed by atoms with E-state index in [1.54, 1.807) is 5.57 Å². The third-order valence-electron chi connectivity index (χ3n) is 4.48. The molecule has 0 saturated carbocycles. The minimum Gasteiger partial charge on any atom is -0.309 e. The topological polar surface area (TPSA) is 15.3 Å². The summed E-state index contributed by atoms with van der Waals surface area (Å²) in [4.78, 5) is 2.57. The zero-order valence-corrected chi connectivity index (χ0v) is 13.5. The van der Waals surface area contributed by atoms with Crippen LogP contribution < -0.4 is 5.32 Å². The molecule has 2 aliphatic rings. The van der Waals surface area contributed by atoms with E-state index >= 15 is 0 Å². The minimum absolute atomic E-state index is 0.584. The maximum absolute atomic E-state index is 3.78. The highest BCUT2D eigenvalue weighted by Crippen LogP contribution is 2.26. The fourth-order valence-electron chi connectivity index (χ4n) is 3.29. The predicted molar refractivity (Wildman–Crippen MR) is 87.0 cm³/mol. The van der Waals surface area contributed by atoms with Crippen LogP contribution in [0, 0.1) is 0 Å². The molecule has 19 heavy (non-hydrogen) atoms. The maximum Gasteiger partial charge on any atom is 0.0445 e. The molecule has 0 aromatic carbocycles. The van der Waals surface area contributed by atoms with E-state index in [9.17, 15) is 0 Å². The molecule has 2 rings (SSSR count). The number of rotatable bonds is 4. The summed E-state index contributed by atoms with van der Waals surface area (Å²) in [5.41, 5.74) is 1.70. The molecule has 0 aromatic heterocycles. The Labute approximate surface area is 123 Å². The van der Waals surface area contributed by atoms with E-state index in [4.69, 9.17) is 0 Å². The third kappa shape index (κ3) is 4.51. The fraction of sp³-hybridized carbons (Fsp3) is 0.875. The number of nitrogens with one attached hydrogen (secondary N) is 1. The fourth-order valence-corrected chi connectivity index (χ4v) is 4.56. The lowest BCUT2D eigenvalue weighted by atomic mass is 9.91. The smallest absolute Gasteiger partial charge is 0.0445 e. The van der Waals surface area contributed by atoms with Crippen molar-refractivity contribution in [2.45, 2.75) is 57.5 Å². The third-order valence-corrected chi connectivity index (χ3v) is 5.53. The SMILES string of the molecule is CCNC(C1=CCCCCCC1)C1CSCCN1C. The number of hydrogen-bond donors (Lipinski definition) is 1. The Balaban J connectivity index is 2.07. The molecule has 1 aliphatic heterocycles. The van der Waals surface area contributed by atoms with Crippen LogP contribution in [0.4, 0.5) is 0 Å². The summed E-state index contributed by atoms with van der Waals surface area (Å²) in [6.07, 6.45) is 10.8. The zero-order chi connectivity index (χ0) is 13.5. The molecule has 110 valence electrons. The molecule has 2 nitrogen and oxygen atoms in total. The highest BCUT2D eigenvalue weighted by molar-refractivity contribution is 7.99. The van der Waals surface area contributed by atoms with E-state index in [0.717, 1.165) is 6.54 Å². The van der Waals surface area contributed by atoms with E-state index in [0.29, 0.717) is 12.1 Å². The van der Waals surface area contributed by atoms with Gasteiger partial charge < -0.3 is 5.32 Å². The van der Waals surface area contributed by atoms with Crippen molar-refractivity contribution in [1.29, 1.82) is 0 Å². The lowest BCUT2D eigenvalue weighted by Crippen LogP contribution is -2.53. The van der Waals surface area contributed by atoms with Crippen LogP contribution in [-0.4, -0.2) is 48.6 Å². The molecule has 2 atom stereocenters. The van der Waals surface area contributed by atoms with Crippen LogP contribution in [0.25, 0.3) is 0 Å². The molecule has 0 radical (unpaired) electrons. The van der Waals surface area contributed by atoms with E-state index < -0.39 is 0 Å². The van der Waals surface area contributed by atoms with E-state index in [1.165, 1.54) is 56.6 Å². The highest BCUT2D eigenvalue weighted by Gasteiger charge is 2.29. The Bertz CT molecular complexity index is 290. The summed E-state index contributed by atoms with van der Waals surface area (Å²) in [5.74, 6) is 2.58. The van der Waals surface area contributed by atoms with Crippen molar-refractivity contribution in [1.82, 2.24) is 10.2 Å². The number of likely N-dealkylation sites (N-methyl/N-ethyl adjacent to an activating group) is 2. The second-order valence-electron chi connectivity index (χ2n) is 5.89. The van der Waals surface area contributed by atoms with Crippen LogP contribution in [0.3, 0.4) is 0 Å². The number of allylic oxidation sites excluding steroid dienone is 1. The van der Waals surface area contributed by atoms with Crippen molar-refractivity contribution in [3.8, 4) is 0 Å². The van der Waals surface area contributed by atoms with Crippen molar-refractivity contribution in [2.24, 2.45) is 0 Å². The molecule has 0 amide bonds. The average molecular weight is 282 g/mol. The monoisotopic (exact) mass is 282 g/mol. The van der Waals surface area contributed by atoms with Crippen molar-refractivity contribution in [3.63, 3.8) is 0 Å². The molecule has 0 bridgehead atoms. The standard InChI is InChI=1S/C16H30N2S/c1-3-17-16(15-13-19-12-11-18(15)2)14-9-7-5-4-6-8-10-14/h9,15-17H,3-8,10-13H2,1-2H3. The quantitative estimate of drug-likeness (QED) is 0.797. The summed E-state index contributed by atoms with van der Waals surface area (Å²) in [6, 6.07) is 1.27. The van der Waals surface area contributed by atoms with E-state index in [2.05, 4.69) is 42.0 Å². The van der Waals surface area contributed by atoms with Crippen LogP contribution in [0.15, 0.2) is 11.6 Å². The van der Waals surface area contributed by atoms with Gasteiger partial charge in [0, 0.05) is 30.1 Å². The van der Waals surface area contributed by atoms with Crippen LogP contribution in [0.1, 0.15) is 45.4 Å². The number of thioether (sulfide) groups is 1. The van der Waals surface area contributed by atoms with Gasteiger partial charge in [0.2, 0.25) is 0 Å². The van der Waals surface area contributed by atoms with Crippen LogP contribution in [0.2, 0.25) is 0 Å². The molecule has 1 fully saturated rings. The first-order valence-corrected chi connectivity index (χ1v) is 9.18. The van der Waals surface area contributed by atoms with Gasteiger partial charge in [0.25, 0.3) is 0 Å². The van der Waals surface area contributed by atoms with Gasteiger partial charge in [-0.3, -0.25) is 4.90 Å². The maximum atomic E-state index is 3.78. The summed E-state index contributed by atoms with van der Waals surface area (Å²) in [7, 11) is 2.30. The van der Waals surface area contributed by atoms with Crippen molar-refractivity contribution in [2.75, 3.05) is 31.6 Å². The zero-order valence-electron chi connectivity index (χ0n) is 12.7. The summed E-state index contributed by atoms with van der Waals surface area (Å²) in [6.45, 7) is 4.56. The molecule has 1 N–H and O–H groups in total. The van der Waals surface area contributed by atoms with E-state index in [-0.39, 0.29) is 0 Å². The second kappa shape index (κ2) is 8.33. The van der Waals surface area contributed by atoms with Gasteiger partial charge in [-0.25, -0.2) is 0 Å². The van der Waals surface area contributed by atoms with Gasteiger partial charge in [0.1, 0.15) is 0 Å². The van der Waals surface area contributed by atoms with Crippen molar-refractivity contribution in [3.05, 3.63) is 11.6 Å². The number of hydrogen-bond acceptors (Lipinski definition) is 3. The molecule has 1 heterocycles. The minimum atomic E-state index is 0.584. The second-order valence-corrected chi connectivity index (χ2v) is 7.04. The Hall–Kier alpha value is 0.01000. The summed E-state index contributed by atoms with van der Waals surface area (Å²) >= 11 is 2.13. The summed E-state index contributed by atoms with van der Waals surface area (Å²) in [5, 5.41) is 3.78. The molecule has 0 aromatic rings. The van der Waals surface area contributed by atoms with Crippen LogP contribution in [-0.2, 0) is 0 Å². The van der Waals surface area contributed by atoms with Gasteiger partial charge in [-0.2, -0.15) is 11.8 Å². The first-order chi connectivity index (χ1) is 9.33. The predicted octanol–water partition coefficient (Wildman–Crippen LogP) is 3.29. The lowest BCUT2D eigenvalue weighted by molar-refractivity contribution is 0.228. The first-order valence-electron chi connectivity index (χ1n) is 8.03. The van der Waals surface area contributed by atoms with Crippen LogP contribution >= 0.6 is 11.8 Å². The average Bonchev–Trinajstić information content (AvgIpc) is 2.37. The summed E-state index contributed by atoms with van der Waals surface area (Å²) < 4.78 is 0. The van der Waals surface area contributed by atoms with Crippen LogP contribution in [0.5, 0.6) is 0 Å². The lowest BCUT2D eigenvalue weighted by Gasteiger charge is -2.39.